The lowest BCUT2D eigenvalue weighted by atomic mass is 9.82. The van der Waals surface area contributed by atoms with Crippen molar-refractivity contribution in [2.75, 3.05) is 0 Å². The fourth-order valence-corrected chi connectivity index (χ4v) is 3.71. The van der Waals surface area contributed by atoms with Crippen LogP contribution in [-0.4, -0.2) is 31.8 Å². The Bertz CT molecular complexity index is 789. The second-order valence-corrected chi connectivity index (χ2v) is 6.67. The Morgan fingerprint density at radius 2 is 1.96 bits per heavy atom. The minimum Gasteiger partial charge on any atom is -0.323 e. The molecule has 1 aliphatic carbocycles. The summed E-state index contributed by atoms with van der Waals surface area (Å²) < 4.78 is 1.93. The first-order valence-electron chi connectivity index (χ1n) is 8.16. The molecule has 120 valence electrons. The first-order valence-corrected chi connectivity index (χ1v) is 8.16. The number of aromatic nitrogens is 2. The van der Waals surface area contributed by atoms with Crippen LogP contribution in [0.5, 0.6) is 0 Å². The standard InChI is InChI=1S/C17H20N4O2/c1-12-5-6-14-18-13(10-20(14)9-12)11-21-15(22)17(19-16(21)23)7-3-2-4-8-17/h5-6,9-10H,2-4,7-8,11H2,1H3,(H,19,23). The van der Waals surface area contributed by atoms with Gasteiger partial charge in [-0.15, -0.1) is 0 Å². The summed E-state index contributed by atoms with van der Waals surface area (Å²) in [5.74, 6) is -0.0876. The SMILES string of the molecule is Cc1ccc2nc(CN3C(=O)NC4(CCCCC4)C3=O)cn2c1. The van der Waals surface area contributed by atoms with Crippen LogP contribution in [0.1, 0.15) is 43.4 Å². The second-order valence-electron chi connectivity index (χ2n) is 6.67. The monoisotopic (exact) mass is 312 g/mol. The number of hydrogen-bond donors (Lipinski definition) is 1. The zero-order valence-electron chi connectivity index (χ0n) is 13.2. The molecule has 1 saturated carbocycles. The van der Waals surface area contributed by atoms with Crippen molar-refractivity contribution in [3.63, 3.8) is 0 Å². The number of fused-ring (bicyclic) bond motifs is 1. The minimum absolute atomic E-state index is 0.0876. The highest BCUT2D eigenvalue weighted by Crippen LogP contribution is 2.34. The Balaban J connectivity index is 1.59. The number of nitrogens with zero attached hydrogens (tertiary/aromatic N) is 3. The molecule has 1 saturated heterocycles. The van der Waals surface area contributed by atoms with Gasteiger partial charge in [0, 0.05) is 12.4 Å². The predicted molar refractivity (Wildman–Crippen MR) is 84.8 cm³/mol. The Morgan fingerprint density at radius 1 is 1.17 bits per heavy atom. The molecular weight excluding hydrogens is 292 g/mol. The summed E-state index contributed by atoms with van der Waals surface area (Å²) in [6, 6.07) is 3.65. The van der Waals surface area contributed by atoms with Crippen LogP contribution in [0.2, 0.25) is 0 Å². The number of rotatable bonds is 2. The molecule has 2 aromatic rings. The predicted octanol–water partition coefficient (Wildman–Crippen LogP) is 2.40. The third-order valence-electron chi connectivity index (χ3n) is 4.92. The van der Waals surface area contributed by atoms with Gasteiger partial charge in [0.15, 0.2) is 0 Å². The number of pyridine rings is 1. The molecule has 0 unspecified atom stereocenters. The summed E-state index contributed by atoms with van der Waals surface area (Å²) in [6.07, 6.45) is 8.49. The molecule has 2 fully saturated rings. The van der Waals surface area contributed by atoms with Gasteiger partial charge in [0.2, 0.25) is 0 Å². The van der Waals surface area contributed by atoms with Crippen molar-refractivity contribution >= 4 is 17.6 Å². The van der Waals surface area contributed by atoms with Crippen molar-refractivity contribution in [1.82, 2.24) is 19.6 Å². The number of carbonyl (C=O) groups excluding carboxylic acids is 2. The lowest BCUT2D eigenvalue weighted by Crippen LogP contribution is -2.48. The number of urea groups is 1. The summed E-state index contributed by atoms with van der Waals surface area (Å²) in [4.78, 5) is 30.9. The number of nitrogens with one attached hydrogen (secondary N) is 1. The maximum atomic E-state index is 12.8. The summed E-state index contributed by atoms with van der Waals surface area (Å²) in [7, 11) is 0. The molecule has 4 rings (SSSR count). The summed E-state index contributed by atoms with van der Waals surface area (Å²) in [6.45, 7) is 2.25. The number of carbonyl (C=O) groups is 2. The Hall–Kier alpha value is -2.37. The maximum Gasteiger partial charge on any atom is 0.325 e. The topological polar surface area (TPSA) is 66.7 Å². The first kappa shape index (κ1) is 14.2. The molecule has 0 bridgehead atoms. The zero-order valence-corrected chi connectivity index (χ0v) is 13.2. The van der Waals surface area contributed by atoms with Gasteiger partial charge in [0.25, 0.3) is 5.91 Å². The second kappa shape index (κ2) is 5.08. The van der Waals surface area contributed by atoms with E-state index in [1.807, 2.05) is 35.9 Å². The number of amides is 3. The molecule has 6 nitrogen and oxygen atoms in total. The van der Waals surface area contributed by atoms with Crippen molar-refractivity contribution in [2.45, 2.75) is 51.1 Å². The fourth-order valence-electron chi connectivity index (χ4n) is 3.71. The van der Waals surface area contributed by atoms with Gasteiger partial charge >= 0.3 is 6.03 Å². The maximum absolute atomic E-state index is 12.8. The highest BCUT2D eigenvalue weighted by Gasteiger charge is 2.51. The van der Waals surface area contributed by atoms with Crippen LogP contribution in [0.3, 0.4) is 0 Å². The normalized spacial score (nSPS) is 20.5. The molecule has 1 spiro atoms. The molecule has 2 aliphatic rings. The minimum atomic E-state index is -0.662. The van der Waals surface area contributed by atoms with E-state index in [1.165, 1.54) is 4.90 Å². The van der Waals surface area contributed by atoms with Crippen molar-refractivity contribution in [3.05, 3.63) is 35.8 Å². The van der Waals surface area contributed by atoms with Crippen LogP contribution in [0.25, 0.3) is 5.65 Å². The summed E-state index contributed by atoms with van der Waals surface area (Å²) >= 11 is 0. The summed E-state index contributed by atoms with van der Waals surface area (Å²) in [5.41, 5.74) is 2.03. The van der Waals surface area contributed by atoms with Gasteiger partial charge in [-0.05, 0) is 31.4 Å². The van der Waals surface area contributed by atoms with Gasteiger partial charge in [0.1, 0.15) is 11.2 Å². The van der Waals surface area contributed by atoms with E-state index in [-0.39, 0.29) is 18.5 Å². The molecule has 2 aromatic heterocycles. The molecule has 3 amide bonds. The van der Waals surface area contributed by atoms with E-state index in [1.54, 1.807) is 0 Å². The van der Waals surface area contributed by atoms with E-state index in [2.05, 4.69) is 10.3 Å². The van der Waals surface area contributed by atoms with Crippen molar-refractivity contribution in [3.8, 4) is 0 Å². The van der Waals surface area contributed by atoms with Crippen molar-refractivity contribution < 1.29 is 9.59 Å². The molecule has 0 atom stereocenters. The molecule has 6 heteroatoms. The fraction of sp³-hybridized carbons (Fsp3) is 0.471. The lowest BCUT2D eigenvalue weighted by Gasteiger charge is -2.30. The molecule has 1 N–H and O–H groups in total. The molecule has 1 aliphatic heterocycles. The largest absolute Gasteiger partial charge is 0.325 e. The number of imidazole rings is 1. The number of imide groups is 1. The van der Waals surface area contributed by atoms with Gasteiger partial charge in [-0.3, -0.25) is 9.69 Å². The molecule has 0 radical (unpaired) electrons. The Morgan fingerprint density at radius 3 is 2.74 bits per heavy atom. The number of aryl methyl sites for hydroxylation is 1. The van der Waals surface area contributed by atoms with Crippen LogP contribution in [0, 0.1) is 6.92 Å². The van der Waals surface area contributed by atoms with Gasteiger partial charge < -0.3 is 9.72 Å². The van der Waals surface area contributed by atoms with Crippen LogP contribution in [0.15, 0.2) is 24.5 Å². The van der Waals surface area contributed by atoms with Gasteiger partial charge in [-0.2, -0.15) is 0 Å². The number of hydrogen-bond acceptors (Lipinski definition) is 3. The third-order valence-corrected chi connectivity index (χ3v) is 4.92. The van der Waals surface area contributed by atoms with E-state index >= 15 is 0 Å². The molecule has 0 aromatic carbocycles. The molecular formula is C17H20N4O2. The van der Waals surface area contributed by atoms with E-state index in [4.69, 9.17) is 0 Å². The smallest absolute Gasteiger partial charge is 0.323 e. The lowest BCUT2D eigenvalue weighted by molar-refractivity contribution is -0.132. The van der Waals surface area contributed by atoms with Crippen LogP contribution >= 0.6 is 0 Å². The molecule has 23 heavy (non-hydrogen) atoms. The zero-order chi connectivity index (χ0) is 16.0. The van der Waals surface area contributed by atoms with Gasteiger partial charge in [-0.1, -0.05) is 25.3 Å². The third kappa shape index (κ3) is 2.29. The van der Waals surface area contributed by atoms with Crippen molar-refractivity contribution in [1.29, 1.82) is 0 Å². The van der Waals surface area contributed by atoms with Crippen molar-refractivity contribution in [2.24, 2.45) is 0 Å². The van der Waals surface area contributed by atoms with E-state index < -0.39 is 5.54 Å². The van der Waals surface area contributed by atoms with Crippen LogP contribution in [0.4, 0.5) is 4.79 Å². The Labute approximate surface area is 134 Å². The quantitative estimate of drug-likeness (QED) is 0.866. The highest BCUT2D eigenvalue weighted by molar-refractivity contribution is 6.07. The average molecular weight is 312 g/mol. The van der Waals surface area contributed by atoms with E-state index in [0.29, 0.717) is 0 Å². The van der Waals surface area contributed by atoms with Crippen LogP contribution in [-0.2, 0) is 11.3 Å². The van der Waals surface area contributed by atoms with E-state index in [9.17, 15) is 9.59 Å². The van der Waals surface area contributed by atoms with Crippen LogP contribution < -0.4 is 5.32 Å². The average Bonchev–Trinajstić information content (AvgIpc) is 3.02. The first-order chi connectivity index (χ1) is 11.1. The van der Waals surface area contributed by atoms with Gasteiger partial charge in [0.05, 0.1) is 12.2 Å². The van der Waals surface area contributed by atoms with E-state index in [0.717, 1.165) is 49.0 Å². The molecule has 3 heterocycles. The summed E-state index contributed by atoms with van der Waals surface area (Å²) in [5, 5.41) is 2.94. The Kier molecular flexibility index (Phi) is 3.14. The highest BCUT2D eigenvalue weighted by atomic mass is 16.2. The van der Waals surface area contributed by atoms with Gasteiger partial charge in [-0.25, -0.2) is 9.78 Å².